The molecule has 2 N–H and O–H groups in total. The number of alkyl halides is 3. The number of hydrogen-bond acceptors (Lipinski definition) is 9. The summed E-state index contributed by atoms with van der Waals surface area (Å²) in [6.45, 7) is 5.70. The fourth-order valence-electron chi connectivity index (χ4n) is 6.35. The zero-order valence-corrected chi connectivity index (χ0v) is 26.0. The highest BCUT2D eigenvalue weighted by atomic mass is 19.4. The SMILES string of the molecule is C=CC(=O)N1C2CCC1CC(c1ccc3ncnc(Nc4ccc(Oc5ccc6c(c5)nnn6C)c(C)c4)c3n1)C2.O=C(O)C(F)(F)F. The van der Waals surface area contributed by atoms with Crippen LogP contribution in [0.3, 0.4) is 0 Å². The fourth-order valence-corrected chi connectivity index (χ4v) is 6.35. The quantitative estimate of drug-likeness (QED) is 0.202. The summed E-state index contributed by atoms with van der Waals surface area (Å²) in [6.07, 6.45) is 1.81. The van der Waals surface area contributed by atoms with E-state index in [1.54, 1.807) is 11.0 Å². The second-order valence-corrected chi connectivity index (χ2v) is 11.7. The highest BCUT2D eigenvalue weighted by molar-refractivity contribution is 5.88. The van der Waals surface area contributed by atoms with Crippen LogP contribution in [-0.4, -0.2) is 70.1 Å². The van der Waals surface area contributed by atoms with Crippen molar-refractivity contribution in [2.24, 2.45) is 7.05 Å². The third-order valence-corrected chi connectivity index (χ3v) is 8.57. The first-order valence-corrected chi connectivity index (χ1v) is 15.1. The zero-order chi connectivity index (χ0) is 34.2. The molecule has 2 bridgehead atoms. The van der Waals surface area contributed by atoms with Gasteiger partial charge < -0.3 is 20.1 Å². The molecule has 5 heterocycles. The monoisotopic (exact) mass is 660 g/mol. The number of pyridine rings is 1. The molecule has 2 aromatic carbocycles. The molecule has 2 atom stereocenters. The molecular formula is C33H31F3N8O4. The van der Waals surface area contributed by atoms with E-state index in [0.717, 1.165) is 70.4 Å². The Labute approximate surface area is 272 Å². The normalized spacial score (nSPS) is 18.7. The molecule has 248 valence electrons. The van der Waals surface area contributed by atoms with Gasteiger partial charge in [-0.25, -0.2) is 24.4 Å². The molecule has 5 aromatic rings. The van der Waals surface area contributed by atoms with Crippen LogP contribution < -0.4 is 10.1 Å². The second-order valence-electron chi connectivity index (χ2n) is 11.7. The number of aromatic nitrogens is 6. The summed E-state index contributed by atoms with van der Waals surface area (Å²) in [7, 11) is 1.86. The number of piperidine rings is 1. The number of carbonyl (C=O) groups excluding carboxylic acids is 1. The summed E-state index contributed by atoms with van der Waals surface area (Å²) in [5, 5.41) is 18.8. The number of nitrogens with zero attached hydrogens (tertiary/aromatic N) is 7. The zero-order valence-electron chi connectivity index (χ0n) is 26.0. The van der Waals surface area contributed by atoms with Gasteiger partial charge in [-0.05, 0) is 86.7 Å². The third kappa shape index (κ3) is 6.61. The molecule has 2 aliphatic heterocycles. The number of halogens is 3. The van der Waals surface area contributed by atoms with Gasteiger partial charge in [-0.3, -0.25) is 4.79 Å². The first kappa shape index (κ1) is 32.3. The summed E-state index contributed by atoms with van der Waals surface area (Å²) < 4.78 is 39.6. The molecule has 12 nitrogen and oxygen atoms in total. The number of benzene rings is 2. The standard InChI is InChI=1S/C31H30N8O2.C2HF3O2/c1-4-29(40)39-21-6-7-22(39)15-19(14-21)24-9-10-25-30(35-24)31(33-17-32-25)34-20-5-12-28(18(2)13-20)41-23-8-11-27-26(16-23)36-37-38(27)3;3-2(4,5)1(6)7/h4-5,8-13,16-17,19,21-22H,1,6-7,14-15H2,2-3H3,(H,32,33,34);(H,6,7). The lowest BCUT2D eigenvalue weighted by atomic mass is 9.87. The maximum Gasteiger partial charge on any atom is 0.490 e. The van der Waals surface area contributed by atoms with Gasteiger partial charge in [0.05, 0.1) is 11.0 Å². The van der Waals surface area contributed by atoms with E-state index in [1.165, 1.54) is 6.08 Å². The topological polar surface area (TPSA) is 148 Å². The molecule has 2 unspecified atom stereocenters. The van der Waals surface area contributed by atoms with Gasteiger partial charge >= 0.3 is 12.1 Å². The number of rotatable bonds is 6. The van der Waals surface area contributed by atoms with Gasteiger partial charge in [0.2, 0.25) is 5.91 Å². The Kier molecular flexibility index (Phi) is 8.69. The number of fused-ring (bicyclic) bond motifs is 4. The molecule has 2 saturated heterocycles. The van der Waals surface area contributed by atoms with Gasteiger partial charge in [0.25, 0.3) is 0 Å². The Morgan fingerprint density at radius 3 is 2.44 bits per heavy atom. The highest BCUT2D eigenvalue weighted by Gasteiger charge is 2.43. The Balaban J connectivity index is 0.000000519. The van der Waals surface area contributed by atoms with Crippen molar-refractivity contribution in [3.8, 4) is 11.5 Å². The number of amides is 1. The average Bonchev–Trinajstić information content (AvgIpc) is 3.56. The maximum atomic E-state index is 12.4. The predicted molar refractivity (Wildman–Crippen MR) is 170 cm³/mol. The van der Waals surface area contributed by atoms with Crippen molar-refractivity contribution >= 4 is 45.4 Å². The summed E-state index contributed by atoms with van der Waals surface area (Å²) in [5.74, 6) is -0.317. The number of carboxylic acids is 1. The van der Waals surface area contributed by atoms with Gasteiger partial charge in [-0.15, -0.1) is 5.10 Å². The average molecular weight is 661 g/mol. The van der Waals surface area contributed by atoms with Crippen LogP contribution >= 0.6 is 0 Å². The molecule has 0 spiro atoms. The summed E-state index contributed by atoms with van der Waals surface area (Å²) >= 11 is 0. The van der Waals surface area contributed by atoms with E-state index in [4.69, 9.17) is 19.6 Å². The lowest BCUT2D eigenvalue weighted by Crippen LogP contribution is -2.45. The Bertz CT molecular complexity index is 2020. The number of hydrogen-bond donors (Lipinski definition) is 2. The number of carboxylic acid groups (broad SMARTS) is 1. The predicted octanol–water partition coefficient (Wildman–Crippen LogP) is 6.21. The van der Waals surface area contributed by atoms with Crippen molar-refractivity contribution in [1.29, 1.82) is 0 Å². The first-order valence-electron chi connectivity index (χ1n) is 15.1. The van der Waals surface area contributed by atoms with Gasteiger partial charge in [0.1, 0.15) is 28.9 Å². The van der Waals surface area contributed by atoms with E-state index >= 15 is 0 Å². The minimum absolute atomic E-state index is 0.0422. The van der Waals surface area contributed by atoms with Crippen molar-refractivity contribution in [1.82, 2.24) is 34.8 Å². The third-order valence-electron chi connectivity index (χ3n) is 8.57. The van der Waals surface area contributed by atoms with Gasteiger partial charge in [0, 0.05) is 42.5 Å². The van der Waals surface area contributed by atoms with Gasteiger partial charge in [0.15, 0.2) is 5.82 Å². The minimum atomic E-state index is -5.08. The Morgan fingerprint density at radius 2 is 1.77 bits per heavy atom. The molecule has 2 fully saturated rings. The van der Waals surface area contributed by atoms with Crippen molar-refractivity contribution in [3.63, 3.8) is 0 Å². The largest absolute Gasteiger partial charge is 0.490 e. The van der Waals surface area contributed by atoms with Crippen molar-refractivity contribution < 1.29 is 32.6 Å². The van der Waals surface area contributed by atoms with E-state index in [0.29, 0.717) is 17.5 Å². The molecule has 0 aliphatic carbocycles. The molecular weight excluding hydrogens is 629 g/mol. The van der Waals surface area contributed by atoms with E-state index in [-0.39, 0.29) is 18.0 Å². The van der Waals surface area contributed by atoms with Crippen molar-refractivity contribution in [2.45, 2.75) is 56.8 Å². The number of aliphatic carboxylic acids is 1. The van der Waals surface area contributed by atoms with Crippen LogP contribution in [0.5, 0.6) is 11.5 Å². The van der Waals surface area contributed by atoms with Gasteiger partial charge in [-0.2, -0.15) is 13.2 Å². The van der Waals surface area contributed by atoms with E-state index < -0.39 is 12.1 Å². The van der Waals surface area contributed by atoms with Gasteiger partial charge in [-0.1, -0.05) is 11.8 Å². The van der Waals surface area contributed by atoms with Crippen LogP contribution in [0, 0.1) is 6.92 Å². The summed E-state index contributed by atoms with van der Waals surface area (Å²) in [4.78, 5) is 37.4. The van der Waals surface area contributed by atoms with E-state index in [1.807, 2.05) is 61.3 Å². The van der Waals surface area contributed by atoms with Crippen LogP contribution in [0.4, 0.5) is 24.7 Å². The fraction of sp³-hybridized carbons (Fsp3) is 0.303. The molecule has 3 aromatic heterocycles. The van der Waals surface area contributed by atoms with Crippen LogP contribution in [0.2, 0.25) is 0 Å². The van der Waals surface area contributed by atoms with Crippen LogP contribution in [0.25, 0.3) is 22.1 Å². The summed E-state index contributed by atoms with van der Waals surface area (Å²) in [5.41, 5.74) is 6.12. The molecule has 7 rings (SSSR count). The van der Waals surface area contributed by atoms with Crippen LogP contribution in [0.1, 0.15) is 42.9 Å². The number of anilines is 2. The van der Waals surface area contributed by atoms with Crippen molar-refractivity contribution in [2.75, 3.05) is 5.32 Å². The second kappa shape index (κ2) is 12.9. The minimum Gasteiger partial charge on any atom is -0.475 e. The highest BCUT2D eigenvalue weighted by Crippen LogP contribution is 2.43. The Hall–Kier alpha value is -5.60. The molecule has 0 saturated carbocycles. The molecule has 48 heavy (non-hydrogen) atoms. The number of aryl methyl sites for hydroxylation is 2. The number of nitrogens with one attached hydrogen (secondary N) is 1. The van der Waals surface area contributed by atoms with Crippen molar-refractivity contribution in [3.05, 3.63) is 78.8 Å². The maximum absolute atomic E-state index is 12.4. The van der Waals surface area contributed by atoms with Crippen LogP contribution in [0.15, 0.2) is 67.5 Å². The molecule has 1 amide bonds. The van der Waals surface area contributed by atoms with E-state index in [9.17, 15) is 18.0 Å². The number of ether oxygens (including phenoxy) is 1. The number of carbonyl (C=O) groups is 2. The lowest BCUT2D eigenvalue weighted by Gasteiger charge is -2.38. The first-order chi connectivity index (χ1) is 22.9. The molecule has 2 aliphatic rings. The summed E-state index contributed by atoms with van der Waals surface area (Å²) in [6, 6.07) is 16.3. The Morgan fingerprint density at radius 1 is 1.04 bits per heavy atom. The van der Waals surface area contributed by atoms with Crippen LogP contribution in [-0.2, 0) is 16.6 Å². The lowest BCUT2D eigenvalue weighted by molar-refractivity contribution is -0.192. The smallest absolute Gasteiger partial charge is 0.475 e. The molecule has 15 heteroatoms. The van der Waals surface area contributed by atoms with E-state index in [2.05, 4.69) is 38.2 Å². The molecule has 0 radical (unpaired) electrons.